The first kappa shape index (κ1) is 13.0. The molecule has 6 heteroatoms. The zero-order valence-corrected chi connectivity index (χ0v) is 10.6. The van der Waals surface area contributed by atoms with Gasteiger partial charge in [0.15, 0.2) is 0 Å². The van der Waals surface area contributed by atoms with Gasteiger partial charge in [-0.15, -0.1) is 10.2 Å². The topological polar surface area (TPSA) is 74.7 Å². The summed E-state index contributed by atoms with van der Waals surface area (Å²) in [6, 6.07) is 2.26. The van der Waals surface area contributed by atoms with Gasteiger partial charge in [0.25, 0.3) is 5.22 Å². The molecule has 0 bridgehead atoms. The van der Waals surface area contributed by atoms with Gasteiger partial charge in [-0.25, -0.2) is 0 Å². The van der Waals surface area contributed by atoms with E-state index in [2.05, 4.69) is 21.6 Å². The first-order valence-electron chi connectivity index (χ1n) is 5.13. The van der Waals surface area contributed by atoms with Crippen LogP contribution in [0.25, 0.3) is 0 Å². The maximum atomic E-state index is 8.94. The van der Waals surface area contributed by atoms with Crippen molar-refractivity contribution in [2.75, 3.05) is 12.8 Å². The minimum atomic E-state index is -0.439. The highest BCUT2D eigenvalue weighted by molar-refractivity contribution is 7.99. The Balaban J connectivity index is 2.24. The van der Waals surface area contributed by atoms with E-state index in [4.69, 9.17) is 9.68 Å². The SMILES string of the molecule is CNC(C)(C#N)CCCSc1nnc(C)o1. The Labute approximate surface area is 99.6 Å². The molecule has 0 aromatic carbocycles. The molecule has 0 fully saturated rings. The summed E-state index contributed by atoms with van der Waals surface area (Å²) in [4.78, 5) is 0. The molecule has 16 heavy (non-hydrogen) atoms. The van der Waals surface area contributed by atoms with Gasteiger partial charge in [0.1, 0.15) is 5.54 Å². The number of rotatable bonds is 6. The predicted molar refractivity (Wildman–Crippen MR) is 62.1 cm³/mol. The van der Waals surface area contributed by atoms with Crippen molar-refractivity contribution in [1.29, 1.82) is 5.26 Å². The standard InChI is InChI=1S/C10H16N4OS/c1-8-13-14-9(15-8)16-6-4-5-10(2,7-11)12-3/h12H,4-6H2,1-3H3. The van der Waals surface area contributed by atoms with Crippen LogP contribution in [-0.2, 0) is 0 Å². The summed E-state index contributed by atoms with van der Waals surface area (Å²) < 4.78 is 5.23. The monoisotopic (exact) mass is 240 g/mol. The number of aromatic nitrogens is 2. The van der Waals surface area contributed by atoms with Gasteiger partial charge in [0, 0.05) is 12.7 Å². The van der Waals surface area contributed by atoms with E-state index < -0.39 is 5.54 Å². The van der Waals surface area contributed by atoms with Crippen LogP contribution in [0.1, 0.15) is 25.7 Å². The second-order valence-electron chi connectivity index (χ2n) is 3.73. The third-order valence-electron chi connectivity index (χ3n) is 2.35. The van der Waals surface area contributed by atoms with Crippen LogP contribution in [0.2, 0.25) is 0 Å². The van der Waals surface area contributed by atoms with Gasteiger partial charge in [-0.3, -0.25) is 0 Å². The van der Waals surface area contributed by atoms with E-state index in [0.29, 0.717) is 11.1 Å². The lowest BCUT2D eigenvalue weighted by Gasteiger charge is -2.19. The molecule has 88 valence electrons. The van der Waals surface area contributed by atoms with E-state index in [9.17, 15) is 0 Å². The number of aryl methyl sites for hydroxylation is 1. The molecule has 1 heterocycles. The lowest BCUT2D eigenvalue weighted by atomic mass is 9.99. The zero-order valence-electron chi connectivity index (χ0n) is 9.78. The largest absolute Gasteiger partial charge is 0.416 e. The highest BCUT2D eigenvalue weighted by atomic mass is 32.2. The molecule has 1 aromatic heterocycles. The number of hydrogen-bond donors (Lipinski definition) is 1. The van der Waals surface area contributed by atoms with Gasteiger partial charge in [-0.05, 0) is 26.8 Å². The minimum absolute atomic E-state index is 0.439. The van der Waals surface area contributed by atoms with Crippen LogP contribution in [0.5, 0.6) is 0 Å². The Morgan fingerprint density at radius 3 is 2.81 bits per heavy atom. The normalized spacial score (nSPS) is 14.4. The Hall–Kier alpha value is -1.06. The maximum Gasteiger partial charge on any atom is 0.276 e. The minimum Gasteiger partial charge on any atom is -0.416 e. The fraction of sp³-hybridized carbons (Fsp3) is 0.700. The molecule has 1 unspecified atom stereocenters. The van der Waals surface area contributed by atoms with E-state index in [1.54, 1.807) is 14.0 Å². The molecule has 1 aromatic rings. The molecule has 0 saturated heterocycles. The summed E-state index contributed by atoms with van der Waals surface area (Å²) in [7, 11) is 1.80. The number of thioether (sulfide) groups is 1. The summed E-state index contributed by atoms with van der Waals surface area (Å²) in [5, 5.41) is 20.2. The van der Waals surface area contributed by atoms with Crippen LogP contribution >= 0.6 is 11.8 Å². The molecule has 1 atom stereocenters. The molecule has 0 saturated carbocycles. The van der Waals surface area contributed by atoms with Crippen molar-refractivity contribution in [3.8, 4) is 6.07 Å². The van der Waals surface area contributed by atoms with Crippen molar-refractivity contribution in [1.82, 2.24) is 15.5 Å². The van der Waals surface area contributed by atoms with E-state index in [-0.39, 0.29) is 0 Å². The average molecular weight is 240 g/mol. The lowest BCUT2D eigenvalue weighted by Crippen LogP contribution is -2.37. The predicted octanol–water partition coefficient (Wildman–Crippen LogP) is 1.75. The van der Waals surface area contributed by atoms with Crippen molar-refractivity contribution in [3.63, 3.8) is 0 Å². The lowest BCUT2D eigenvalue weighted by molar-refractivity contribution is 0.427. The molecule has 0 aliphatic carbocycles. The van der Waals surface area contributed by atoms with Gasteiger partial charge < -0.3 is 9.73 Å². The Morgan fingerprint density at radius 2 is 2.31 bits per heavy atom. The van der Waals surface area contributed by atoms with Crippen LogP contribution in [0.4, 0.5) is 0 Å². The molecular formula is C10H16N4OS. The summed E-state index contributed by atoms with van der Waals surface area (Å²) >= 11 is 1.53. The van der Waals surface area contributed by atoms with E-state index in [1.807, 2.05) is 6.92 Å². The zero-order chi connectivity index (χ0) is 12.0. The Morgan fingerprint density at radius 1 is 1.56 bits per heavy atom. The molecule has 0 amide bonds. The van der Waals surface area contributed by atoms with Crippen LogP contribution in [-0.4, -0.2) is 28.5 Å². The van der Waals surface area contributed by atoms with Gasteiger partial charge in [-0.2, -0.15) is 5.26 Å². The molecule has 1 N–H and O–H groups in total. The van der Waals surface area contributed by atoms with Gasteiger partial charge in [0.05, 0.1) is 6.07 Å². The van der Waals surface area contributed by atoms with Crippen molar-refractivity contribution in [3.05, 3.63) is 5.89 Å². The van der Waals surface area contributed by atoms with Crippen LogP contribution < -0.4 is 5.32 Å². The van der Waals surface area contributed by atoms with Gasteiger partial charge in [-0.1, -0.05) is 11.8 Å². The summed E-state index contributed by atoms with van der Waals surface area (Å²) in [5.74, 6) is 1.46. The first-order chi connectivity index (χ1) is 7.59. The molecule has 5 nitrogen and oxygen atoms in total. The molecule has 0 radical (unpaired) electrons. The Kier molecular flexibility index (Phi) is 4.77. The van der Waals surface area contributed by atoms with E-state index in [1.165, 1.54) is 11.8 Å². The number of nitrogens with one attached hydrogen (secondary N) is 1. The Bertz CT molecular complexity index is 373. The van der Waals surface area contributed by atoms with Crippen molar-refractivity contribution >= 4 is 11.8 Å². The molecule has 1 rings (SSSR count). The fourth-order valence-electron chi connectivity index (χ4n) is 1.16. The maximum absolute atomic E-state index is 8.94. The number of nitrogens with zero attached hydrogens (tertiary/aromatic N) is 3. The van der Waals surface area contributed by atoms with Crippen molar-refractivity contribution in [2.45, 2.75) is 37.5 Å². The number of nitriles is 1. The highest BCUT2D eigenvalue weighted by Crippen LogP contribution is 2.19. The summed E-state index contributed by atoms with van der Waals surface area (Å²) in [6.07, 6.45) is 1.73. The van der Waals surface area contributed by atoms with E-state index >= 15 is 0 Å². The summed E-state index contributed by atoms with van der Waals surface area (Å²) in [6.45, 7) is 3.67. The van der Waals surface area contributed by atoms with Crippen molar-refractivity contribution < 1.29 is 4.42 Å². The quantitative estimate of drug-likeness (QED) is 0.603. The van der Waals surface area contributed by atoms with Gasteiger partial charge >= 0.3 is 0 Å². The average Bonchev–Trinajstić information content (AvgIpc) is 2.70. The molecule has 0 aliphatic rings. The van der Waals surface area contributed by atoms with E-state index in [0.717, 1.165) is 18.6 Å². The first-order valence-corrected chi connectivity index (χ1v) is 6.11. The third-order valence-corrected chi connectivity index (χ3v) is 3.26. The van der Waals surface area contributed by atoms with Gasteiger partial charge in [0.2, 0.25) is 5.89 Å². The molecule has 0 aliphatic heterocycles. The molecule has 0 spiro atoms. The smallest absolute Gasteiger partial charge is 0.276 e. The van der Waals surface area contributed by atoms with Crippen molar-refractivity contribution in [2.24, 2.45) is 0 Å². The molecular weight excluding hydrogens is 224 g/mol. The second-order valence-corrected chi connectivity index (χ2v) is 4.78. The fourth-order valence-corrected chi connectivity index (χ4v) is 1.90. The third kappa shape index (κ3) is 3.83. The summed E-state index contributed by atoms with van der Waals surface area (Å²) in [5.41, 5.74) is -0.439. The number of hydrogen-bond acceptors (Lipinski definition) is 6. The second kappa shape index (κ2) is 5.87. The highest BCUT2D eigenvalue weighted by Gasteiger charge is 2.20. The van der Waals surface area contributed by atoms with Crippen LogP contribution in [0.15, 0.2) is 9.64 Å². The van der Waals surface area contributed by atoms with Crippen LogP contribution in [0.3, 0.4) is 0 Å². The van der Waals surface area contributed by atoms with Crippen LogP contribution in [0, 0.1) is 18.3 Å².